The lowest BCUT2D eigenvalue weighted by atomic mass is 10.1. The van der Waals surface area contributed by atoms with Crippen molar-refractivity contribution in [3.63, 3.8) is 0 Å². The van der Waals surface area contributed by atoms with Crippen molar-refractivity contribution in [3.05, 3.63) is 36.4 Å². The van der Waals surface area contributed by atoms with Crippen molar-refractivity contribution in [2.24, 2.45) is 0 Å². The van der Waals surface area contributed by atoms with Gasteiger partial charge >= 0.3 is 0 Å². The van der Waals surface area contributed by atoms with Crippen molar-refractivity contribution in [1.82, 2.24) is 0 Å². The summed E-state index contributed by atoms with van der Waals surface area (Å²) in [6.45, 7) is 11.7. The highest BCUT2D eigenvalue weighted by Crippen LogP contribution is 2.50. The third kappa shape index (κ3) is 5.97. The largest absolute Gasteiger partial charge is 0.748 e. The average molecular weight is 507 g/mol. The number of anilines is 4. The van der Waals surface area contributed by atoms with Crippen LogP contribution < -0.4 is 19.4 Å². The highest BCUT2D eigenvalue weighted by atomic mass is 32.2. The van der Waals surface area contributed by atoms with Gasteiger partial charge in [0.25, 0.3) is 5.24 Å². The minimum absolute atomic E-state index is 0.119. The van der Waals surface area contributed by atoms with E-state index in [0.717, 1.165) is 49.3 Å². The van der Waals surface area contributed by atoms with Gasteiger partial charge in [0.05, 0.1) is 21.5 Å². The van der Waals surface area contributed by atoms with Gasteiger partial charge < -0.3 is 19.1 Å². The summed E-state index contributed by atoms with van der Waals surface area (Å²) < 4.78 is 39.0. The van der Waals surface area contributed by atoms with E-state index in [4.69, 9.17) is 4.74 Å². The molecule has 0 saturated carbocycles. The van der Waals surface area contributed by atoms with Gasteiger partial charge in [0, 0.05) is 61.2 Å². The highest BCUT2D eigenvalue weighted by Gasteiger charge is 2.30. The Labute approximate surface area is 206 Å². The van der Waals surface area contributed by atoms with Gasteiger partial charge in [-0.05, 0) is 58.4 Å². The van der Waals surface area contributed by atoms with Crippen molar-refractivity contribution in [2.75, 3.05) is 52.4 Å². The van der Waals surface area contributed by atoms with Crippen LogP contribution in [-0.4, -0.2) is 55.9 Å². The molecule has 0 atom stereocenters. The standard InChI is InChI=1S/C24H33N3O5S2/c1-5-25(6-2)18-10-12-20-22(16-18)32-23-17-19(26(7-3)8-4)11-13-21(23)27(20)24(28)33-14-9-15-34(29,30)31/h10-13,16-17H,5-9,14-15H2,1-4H3,(H,29,30,31)/p-1. The first-order valence-corrected chi connectivity index (χ1v) is 14.1. The van der Waals surface area contributed by atoms with Gasteiger partial charge in [0.2, 0.25) is 0 Å². The number of nitrogens with zero attached hydrogens (tertiary/aromatic N) is 3. The van der Waals surface area contributed by atoms with Gasteiger partial charge in [0.1, 0.15) is 0 Å². The normalized spacial score (nSPS) is 12.6. The summed E-state index contributed by atoms with van der Waals surface area (Å²) in [7, 11) is -4.30. The van der Waals surface area contributed by atoms with Crippen LogP contribution in [0, 0.1) is 0 Å². The minimum atomic E-state index is -4.30. The second-order valence-electron chi connectivity index (χ2n) is 7.82. The molecule has 34 heavy (non-hydrogen) atoms. The van der Waals surface area contributed by atoms with Crippen molar-refractivity contribution in [2.45, 2.75) is 34.1 Å². The summed E-state index contributed by atoms with van der Waals surface area (Å²) in [6, 6.07) is 11.6. The lowest BCUT2D eigenvalue weighted by molar-refractivity contribution is 0.266. The lowest BCUT2D eigenvalue weighted by Gasteiger charge is -2.33. The van der Waals surface area contributed by atoms with Crippen LogP contribution in [0.4, 0.5) is 27.5 Å². The zero-order valence-electron chi connectivity index (χ0n) is 20.1. The maximum absolute atomic E-state index is 13.3. The molecule has 0 bridgehead atoms. The average Bonchev–Trinajstić information content (AvgIpc) is 2.81. The number of fused-ring (bicyclic) bond motifs is 2. The fraction of sp³-hybridized carbons (Fsp3) is 0.458. The Kier molecular flexibility index (Phi) is 8.72. The number of amides is 1. The molecule has 0 radical (unpaired) electrons. The molecule has 0 fully saturated rings. The molecular formula is C24H32N3O5S2-. The summed E-state index contributed by atoms with van der Waals surface area (Å²) in [5.74, 6) is 0.927. The van der Waals surface area contributed by atoms with Crippen LogP contribution in [0.25, 0.3) is 0 Å². The van der Waals surface area contributed by atoms with E-state index in [2.05, 4.69) is 37.5 Å². The fourth-order valence-corrected chi connectivity index (χ4v) is 5.48. The molecule has 0 aromatic heterocycles. The van der Waals surface area contributed by atoms with Crippen molar-refractivity contribution >= 4 is 49.9 Å². The molecule has 0 saturated heterocycles. The van der Waals surface area contributed by atoms with E-state index < -0.39 is 15.9 Å². The Morgan fingerprint density at radius 3 is 1.79 bits per heavy atom. The zero-order valence-corrected chi connectivity index (χ0v) is 21.7. The van der Waals surface area contributed by atoms with Crippen LogP contribution >= 0.6 is 11.8 Å². The van der Waals surface area contributed by atoms with Crippen LogP contribution in [0.3, 0.4) is 0 Å². The number of ether oxygens (including phenoxy) is 1. The Hall–Kier alpha value is -2.43. The molecule has 1 aliphatic rings. The SMILES string of the molecule is CCN(CC)c1ccc2c(c1)Oc1cc(N(CC)CC)ccc1N2C(=O)SCCCS(=O)(=O)[O-]. The first-order chi connectivity index (χ1) is 16.2. The first-order valence-electron chi connectivity index (χ1n) is 11.6. The molecule has 0 spiro atoms. The molecule has 0 N–H and O–H groups in total. The number of carbonyl (C=O) groups excluding carboxylic acids is 1. The molecule has 186 valence electrons. The van der Waals surface area contributed by atoms with Crippen LogP contribution in [0.5, 0.6) is 11.5 Å². The molecule has 1 heterocycles. The van der Waals surface area contributed by atoms with Gasteiger partial charge in [-0.25, -0.2) is 8.42 Å². The van der Waals surface area contributed by atoms with Crippen LogP contribution in [-0.2, 0) is 10.1 Å². The number of carbonyl (C=O) groups is 1. The quantitative estimate of drug-likeness (QED) is 0.312. The number of hydrogen-bond acceptors (Lipinski definition) is 8. The van der Waals surface area contributed by atoms with E-state index in [1.807, 2.05) is 36.4 Å². The van der Waals surface area contributed by atoms with E-state index in [1.165, 1.54) is 0 Å². The predicted molar refractivity (Wildman–Crippen MR) is 139 cm³/mol. The minimum Gasteiger partial charge on any atom is -0.748 e. The second kappa shape index (κ2) is 11.3. The first kappa shape index (κ1) is 26.2. The molecule has 8 nitrogen and oxygen atoms in total. The van der Waals surface area contributed by atoms with Gasteiger partial charge in [0.15, 0.2) is 11.5 Å². The monoisotopic (exact) mass is 506 g/mol. The third-order valence-corrected chi connectivity index (χ3v) is 7.50. The van der Waals surface area contributed by atoms with E-state index in [0.29, 0.717) is 22.9 Å². The highest BCUT2D eigenvalue weighted by molar-refractivity contribution is 8.13. The summed E-state index contributed by atoms with van der Waals surface area (Å²) in [6.07, 6.45) is 0.119. The van der Waals surface area contributed by atoms with E-state index in [-0.39, 0.29) is 17.4 Å². The van der Waals surface area contributed by atoms with Gasteiger partial charge in [-0.3, -0.25) is 9.69 Å². The topological polar surface area (TPSA) is 93.2 Å². The summed E-state index contributed by atoms with van der Waals surface area (Å²) in [4.78, 5) is 19.3. The van der Waals surface area contributed by atoms with Crippen LogP contribution in [0.1, 0.15) is 34.1 Å². The molecule has 2 aromatic rings. The number of hydrogen-bond donors (Lipinski definition) is 0. The number of benzene rings is 2. The molecule has 10 heteroatoms. The smallest absolute Gasteiger partial charge is 0.290 e. The molecule has 1 amide bonds. The molecule has 0 aliphatic carbocycles. The van der Waals surface area contributed by atoms with Crippen molar-refractivity contribution in [3.8, 4) is 11.5 Å². The summed E-state index contributed by atoms with van der Waals surface area (Å²) >= 11 is 0.997. The Balaban J connectivity index is 1.97. The Morgan fingerprint density at radius 1 is 0.912 bits per heavy atom. The Bertz CT molecular complexity index is 1050. The second-order valence-corrected chi connectivity index (χ2v) is 10.4. The maximum Gasteiger partial charge on any atom is 0.290 e. The maximum atomic E-state index is 13.3. The van der Waals surface area contributed by atoms with Crippen LogP contribution in [0.15, 0.2) is 36.4 Å². The zero-order chi connectivity index (χ0) is 24.9. The summed E-state index contributed by atoms with van der Waals surface area (Å²) in [5.41, 5.74) is 3.28. The van der Waals surface area contributed by atoms with E-state index >= 15 is 0 Å². The van der Waals surface area contributed by atoms with Crippen molar-refractivity contribution in [1.29, 1.82) is 0 Å². The van der Waals surface area contributed by atoms with Gasteiger partial charge in [-0.1, -0.05) is 11.8 Å². The fourth-order valence-electron chi connectivity index (χ4n) is 4.01. The van der Waals surface area contributed by atoms with E-state index in [1.54, 1.807) is 4.90 Å². The molecule has 3 rings (SSSR count). The summed E-state index contributed by atoms with van der Waals surface area (Å²) in [5, 5.41) is -0.250. The van der Waals surface area contributed by atoms with E-state index in [9.17, 15) is 17.8 Å². The number of thioether (sulfide) groups is 1. The van der Waals surface area contributed by atoms with Crippen LogP contribution in [0.2, 0.25) is 0 Å². The molecule has 1 aliphatic heterocycles. The molecule has 2 aromatic carbocycles. The molecule has 0 unspecified atom stereocenters. The van der Waals surface area contributed by atoms with Gasteiger partial charge in [-0.2, -0.15) is 0 Å². The van der Waals surface area contributed by atoms with Crippen molar-refractivity contribution < 1.29 is 22.5 Å². The number of rotatable bonds is 10. The third-order valence-electron chi connectivity index (χ3n) is 5.79. The lowest BCUT2D eigenvalue weighted by Crippen LogP contribution is -2.27. The predicted octanol–water partition coefficient (Wildman–Crippen LogP) is 5.41. The molecular weight excluding hydrogens is 474 g/mol. The van der Waals surface area contributed by atoms with Gasteiger partial charge in [-0.15, -0.1) is 0 Å². The Morgan fingerprint density at radius 2 is 1.38 bits per heavy atom.